The smallest absolute Gasteiger partial charge is 0.455 e. The van der Waals surface area contributed by atoms with E-state index in [0.29, 0.717) is 0 Å². The van der Waals surface area contributed by atoms with E-state index in [1.54, 1.807) is 0 Å². The molecule has 0 aromatic rings. The van der Waals surface area contributed by atoms with Crippen LogP contribution in [0.15, 0.2) is 0 Å². The monoisotopic (exact) mass is 270 g/mol. The molecule has 0 fully saturated rings. The van der Waals surface area contributed by atoms with Crippen LogP contribution in [0.2, 0.25) is 0 Å². The van der Waals surface area contributed by atoms with Gasteiger partial charge in [-0.25, -0.2) is 4.79 Å². The molecule has 102 valence electrons. The van der Waals surface area contributed by atoms with Gasteiger partial charge in [0.15, 0.2) is 0 Å². The lowest BCUT2D eigenvalue weighted by atomic mass is 10.1. The second kappa shape index (κ2) is 4.02. The fraction of sp³-hybridized carbons (Fsp3) is 0.875. The van der Waals surface area contributed by atoms with Gasteiger partial charge in [0.25, 0.3) is 0 Å². The van der Waals surface area contributed by atoms with Gasteiger partial charge in [0.1, 0.15) is 5.60 Å². The summed E-state index contributed by atoms with van der Waals surface area (Å²) >= 11 is 0. The summed E-state index contributed by atoms with van der Waals surface area (Å²) in [6.07, 6.45) is -6.55. The number of hydrogen-bond acceptors (Lipinski definition) is 2. The summed E-state index contributed by atoms with van der Waals surface area (Å²) in [5.74, 6) is -15.4. The third-order valence-electron chi connectivity index (χ3n) is 1.41. The zero-order valence-corrected chi connectivity index (χ0v) is 8.96. The van der Waals surface area contributed by atoms with Crippen LogP contribution in [0.3, 0.4) is 0 Å². The minimum atomic E-state index is -6.55. The molecule has 2 nitrogen and oxygen atoms in total. The van der Waals surface area contributed by atoms with Gasteiger partial charge < -0.3 is 4.74 Å². The highest BCUT2D eigenvalue weighted by Crippen LogP contribution is 2.47. The van der Waals surface area contributed by atoms with Gasteiger partial charge in [-0.15, -0.1) is 0 Å². The fourth-order valence-electron chi connectivity index (χ4n) is 0.648. The molecule has 0 rings (SSSR count). The third-order valence-corrected chi connectivity index (χ3v) is 1.41. The molecule has 0 heterocycles. The first-order chi connectivity index (χ1) is 7.13. The Kier molecular flexibility index (Phi) is 3.78. The number of rotatable bonds is 2. The van der Waals surface area contributed by atoms with Crippen LogP contribution < -0.4 is 0 Å². The highest BCUT2D eigenvalue weighted by molar-refractivity contribution is 5.79. The molecule has 0 atom stereocenters. The number of carbonyl (C=O) groups is 1. The molecule has 0 saturated carbocycles. The van der Waals surface area contributed by atoms with Crippen LogP contribution in [-0.4, -0.2) is 29.6 Å². The topological polar surface area (TPSA) is 26.3 Å². The van der Waals surface area contributed by atoms with Crippen molar-refractivity contribution in [2.24, 2.45) is 0 Å². The molecule has 0 aliphatic rings. The molecule has 0 saturated heterocycles. The molecule has 9 heteroatoms. The van der Waals surface area contributed by atoms with Crippen molar-refractivity contribution in [2.45, 2.75) is 44.4 Å². The van der Waals surface area contributed by atoms with Crippen molar-refractivity contribution in [1.29, 1.82) is 0 Å². The third kappa shape index (κ3) is 3.22. The van der Waals surface area contributed by atoms with Crippen LogP contribution in [0.25, 0.3) is 0 Å². The summed E-state index contributed by atoms with van der Waals surface area (Å²) in [6.45, 7) is 3.14. The van der Waals surface area contributed by atoms with Crippen LogP contribution in [0.1, 0.15) is 20.8 Å². The molecule has 0 aliphatic carbocycles. The molecule has 0 unspecified atom stereocenters. The molecule has 0 bridgehead atoms. The lowest BCUT2D eigenvalue weighted by Gasteiger charge is -2.29. The Labute approximate surface area is 91.7 Å². The summed E-state index contributed by atoms with van der Waals surface area (Å²) < 4.78 is 88.9. The maximum Gasteiger partial charge on any atom is 0.460 e. The Morgan fingerprint density at radius 3 is 1.47 bits per heavy atom. The minimum Gasteiger partial charge on any atom is -0.455 e. The average Bonchev–Trinajstić information content (AvgIpc) is 1.97. The molecular formula is C8H9F7O2. The number of ether oxygens (including phenoxy) is 1. The second-order valence-electron chi connectivity index (χ2n) is 4.15. The average molecular weight is 270 g/mol. The number of carbonyl (C=O) groups excluding carboxylic acids is 1. The molecule has 0 aromatic carbocycles. The Morgan fingerprint density at radius 2 is 1.24 bits per heavy atom. The van der Waals surface area contributed by atoms with Gasteiger partial charge in [0.05, 0.1) is 0 Å². The normalized spacial score (nSPS) is 14.7. The summed E-state index contributed by atoms with van der Waals surface area (Å²) in [7, 11) is 0. The molecule has 0 amide bonds. The first-order valence-corrected chi connectivity index (χ1v) is 4.19. The van der Waals surface area contributed by atoms with Crippen molar-refractivity contribution in [3.05, 3.63) is 0 Å². The SMILES string of the molecule is CC(C)(C)OC(=O)C(F)(F)C(F)(F)C(F)(F)F. The summed E-state index contributed by atoms with van der Waals surface area (Å²) in [5.41, 5.74) is -1.61. The fourth-order valence-corrected chi connectivity index (χ4v) is 0.648. The summed E-state index contributed by atoms with van der Waals surface area (Å²) in [6, 6.07) is 0. The van der Waals surface area contributed by atoms with E-state index in [9.17, 15) is 35.5 Å². The predicted octanol–water partition coefficient (Wildman–Crippen LogP) is 3.16. The number of esters is 1. The molecule has 0 aromatic heterocycles. The lowest BCUT2D eigenvalue weighted by Crippen LogP contribution is -2.57. The van der Waals surface area contributed by atoms with E-state index in [1.165, 1.54) is 0 Å². The molecular weight excluding hydrogens is 261 g/mol. The highest BCUT2D eigenvalue weighted by Gasteiger charge is 2.77. The van der Waals surface area contributed by atoms with Gasteiger partial charge in [-0.3, -0.25) is 0 Å². The van der Waals surface area contributed by atoms with Crippen molar-refractivity contribution >= 4 is 5.97 Å². The van der Waals surface area contributed by atoms with Crippen LogP contribution in [-0.2, 0) is 9.53 Å². The van der Waals surface area contributed by atoms with Gasteiger partial charge in [-0.1, -0.05) is 0 Å². The van der Waals surface area contributed by atoms with E-state index in [2.05, 4.69) is 4.74 Å². The van der Waals surface area contributed by atoms with Gasteiger partial charge in [0.2, 0.25) is 0 Å². The maximum atomic E-state index is 12.7. The van der Waals surface area contributed by atoms with E-state index >= 15 is 0 Å². The van der Waals surface area contributed by atoms with Crippen molar-refractivity contribution in [2.75, 3.05) is 0 Å². The number of alkyl halides is 7. The first kappa shape index (κ1) is 16.0. The van der Waals surface area contributed by atoms with E-state index in [4.69, 9.17) is 0 Å². The Morgan fingerprint density at radius 1 is 0.882 bits per heavy atom. The van der Waals surface area contributed by atoms with Crippen molar-refractivity contribution in [3.63, 3.8) is 0 Å². The summed E-state index contributed by atoms with van der Waals surface area (Å²) in [4.78, 5) is 10.6. The standard InChI is InChI=1S/C8H9F7O2/c1-5(2,3)17-4(16)6(9,10)7(11,12)8(13,14)15/h1-3H3. The number of hydrogen-bond donors (Lipinski definition) is 0. The van der Waals surface area contributed by atoms with Gasteiger partial charge in [-0.05, 0) is 20.8 Å². The largest absolute Gasteiger partial charge is 0.460 e. The van der Waals surface area contributed by atoms with Crippen LogP contribution >= 0.6 is 0 Å². The second-order valence-corrected chi connectivity index (χ2v) is 4.15. The van der Waals surface area contributed by atoms with Crippen molar-refractivity contribution in [1.82, 2.24) is 0 Å². The van der Waals surface area contributed by atoms with E-state index < -0.39 is 29.6 Å². The number of halogens is 7. The zero-order valence-electron chi connectivity index (χ0n) is 8.96. The molecule has 0 spiro atoms. The van der Waals surface area contributed by atoms with E-state index in [-0.39, 0.29) is 0 Å². The quantitative estimate of drug-likeness (QED) is 0.569. The van der Waals surface area contributed by atoms with Crippen LogP contribution in [0.5, 0.6) is 0 Å². The van der Waals surface area contributed by atoms with E-state index in [0.717, 1.165) is 20.8 Å². The summed E-state index contributed by atoms with van der Waals surface area (Å²) in [5, 5.41) is 0. The Balaban J connectivity index is 5.22. The highest BCUT2D eigenvalue weighted by atomic mass is 19.4. The molecule has 0 N–H and O–H groups in total. The van der Waals surface area contributed by atoms with Gasteiger partial charge in [-0.2, -0.15) is 30.7 Å². The molecule has 0 aliphatic heterocycles. The Bertz CT molecular complexity index is 300. The maximum absolute atomic E-state index is 12.7. The molecule has 17 heavy (non-hydrogen) atoms. The first-order valence-electron chi connectivity index (χ1n) is 4.19. The van der Waals surface area contributed by atoms with E-state index in [1.807, 2.05) is 0 Å². The van der Waals surface area contributed by atoms with Crippen LogP contribution in [0.4, 0.5) is 30.7 Å². The van der Waals surface area contributed by atoms with Crippen molar-refractivity contribution in [3.8, 4) is 0 Å². The molecule has 0 radical (unpaired) electrons. The van der Waals surface area contributed by atoms with Crippen molar-refractivity contribution < 1.29 is 40.3 Å². The minimum absolute atomic E-state index is 1.05. The lowest BCUT2D eigenvalue weighted by molar-refractivity contribution is -0.349. The zero-order chi connectivity index (χ0) is 14.3. The van der Waals surface area contributed by atoms with Crippen LogP contribution in [0, 0.1) is 0 Å². The van der Waals surface area contributed by atoms with Gasteiger partial charge >= 0.3 is 24.0 Å². The predicted molar refractivity (Wildman–Crippen MR) is 41.8 cm³/mol. The Hall–Kier alpha value is -1.02. The van der Waals surface area contributed by atoms with Gasteiger partial charge in [0, 0.05) is 0 Å².